The summed E-state index contributed by atoms with van der Waals surface area (Å²) in [5.74, 6) is 1.54. The van der Waals surface area contributed by atoms with E-state index in [1.54, 1.807) is 7.11 Å². The van der Waals surface area contributed by atoms with Crippen LogP contribution >= 0.6 is 0 Å². The molecule has 25 heavy (non-hydrogen) atoms. The molecule has 0 saturated carbocycles. The molecule has 1 unspecified atom stereocenters. The van der Waals surface area contributed by atoms with Gasteiger partial charge in [0.15, 0.2) is 0 Å². The second kappa shape index (κ2) is 8.81. The van der Waals surface area contributed by atoms with Gasteiger partial charge in [-0.2, -0.15) is 0 Å². The summed E-state index contributed by atoms with van der Waals surface area (Å²) >= 11 is 0. The molecule has 5 heteroatoms. The number of hydrogen-bond donors (Lipinski definition) is 1. The highest BCUT2D eigenvalue weighted by Gasteiger charge is 2.17. The van der Waals surface area contributed by atoms with Gasteiger partial charge in [-0.3, -0.25) is 0 Å². The van der Waals surface area contributed by atoms with Gasteiger partial charge in [0, 0.05) is 30.9 Å². The van der Waals surface area contributed by atoms with Crippen LogP contribution in [0.2, 0.25) is 0 Å². The van der Waals surface area contributed by atoms with Crippen LogP contribution in [0.25, 0.3) is 11.3 Å². The van der Waals surface area contributed by atoms with Gasteiger partial charge in [-0.1, -0.05) is 6.42 Å². The summed E-state index contributed by atoms with van der Waals surface area (Å²) in [4.78, 5) is 11.6. The first-order chi connectivity index (χ1) is 12.3. The summed E-state index contributed by atoms with van der Waals surface area (Å²) in [7, 11) is 1.67. The number of nitrogens with zero attached hydrogens (tertiary/aromatic N) is 3. The van der Waals surface area contributed by atoms with Gasteiger partial charge in [-0.15, -0.1) is 0 Å². The molecule has 1 fully saturated rings. The molecule has 1 aromatic carbocycles. The molecule has 1 N–H and O–H groups in total. The van der Waals surface area contributed by atoms with E-state index >= 15 is 0 Å². The zero-order valence-electron chi connectivity index (χ0n) is 15.2. The van der Waals surface area contributed by atoms with Crippen LogP contribution in [0.15, 0.2) is 36.5 Å². The smallest absolute Gasteiger partial charge is 0.223 e. The first-order valence-corrected chi connectivity index (χ1v) is 9.21. The molecule has 0 amide bonds. The fraction of sp³-hybridized carbons (Fsp3) is 0.500. The molecule has 0 spiro atoms. The average molecular weight is 340 g/mol. The number of anilines is 1. The lowest BCUT2D eigenvalue weighted by Crippen LogP contribution is -2.38. The Bertz CT molecular complexity index is 659. The Hall–Kier alpha value is -2.14. The molecule has 2 heterocycles. The fourth-order valence-electron chi connectivity index (χ4n) is 3.34. The van der Waals surface area contributed by atoms with E-state index in [-0.39, 0.29) is 0 Å². The van der Waals surface area contributed by atoms with E-state index in [2.05, 4.69) is 27.1 Å². The van der Waals surface area contributed by atoms with Gasteiger partial charge in [-0.05, 0) is 63.1 Å². The summed E-state index contributed by atoms with van der Waals surface area (Å²) in [6, 6.07) is 10.6. The van der Waals surface area contributed by atoms with E-state index in [4.69, 9.17) is 4.74 Å². The van der Waals surface area contributed by atoms with Crippen LogP contribution < -0.4 is 10.1 Å². The van der Waals surface area contributed by atoms with Crippen LogP contribution in [-0.4, -0.2) is 47.7 Å². The number of hydrogen-bond acceptors (Lipinski definition) is 5. The minimum Gasteiger partial charge on any atom is -0.497 e. The van der Waals surface area contributed by atoms with Crippen molar-refractivity contribution in [3.63, 3.8) is 0 Å². The Morgan fingerprint density at radius 2 is 2.04 bits per heavy atom. The highest BCUT2D eigenvalue weighted by atomic mass is 16.5. The van der Waals surface area contributed by atoms with E-state index in [0.29, 0.717) is 5.95 Å². The predicted molar refractivity (Wildman–Crippen MR) is 102 cm³/mol. The molecule has 1 aromatic heterocycles. The highest BCUT2D eigenvalue weighted by Crippen LogP contribution is 2.21. The molecule has 0 aliphatic carbocycles. The lowest BCUT2D eigenvalue weighted by atomic mass is 10.0. The minimum atomic E-state index is 0.694. The molecule has 5 nitrogen and oxygen atoms in total. The number of nitrogens with one attached hydrogen (secondary N) is 1. The summed E-state index contributed by atoms with van der Waals surface area (Å²) < 4.78 is 5.20. The Labute approximate surface area is 150 Å². The normalized spacial score (nSPS) is 18.1. The van der Waals surface area contributed by atoms with Crippen molar-refractivity contribution >= 4 is 5.95 Å². The topological polar surface area (TPSA) is 50.3 Å². The number of benzene rings is 1. The van der Waals surface area contributed by atoms with Gasteiger partial charge in [-0.25, -0.2) is 9.97 Å². The zero-order valence-corrected chi connectivity index (χ0v) is 15.2. The van der Waals surface area contributed by atoms with Crippen molar-refractivity contribution in [2.24, 2.45) is 0 Å². The molecule has 1 aliphatic rings. The summed E-state index contributed by atoms with van der Waals surface area (Å²) in [6.45, 7) is 5.63. The van der Waals surface area contributed by atoms with Crippen molar-refractivity contribution in [1.82, 2.24) is 14.9 Å². The average Bonchev–Trinajstić information content (AvgIpc) is 2.67. The molecule has 0 bridgehead atoms. The number of likely N-dealkylation sites (tertiary alicyclic amines) is 1. The third-order valence-electron chi connectivity index (χ3n) is 4.89. The standard InChI is InChI=1S/C20H28N4O/c1-16-6-3-4-14-24(16)15-5-12-21-20-22-13-11-19(23-20)17-7-9-18(25-2)10-8-17/h7-11,13,16H,3-6,12,14-15H2,1-2H3,(H,21,22,23). The number of ether oxygens (including phenoxy) is 1. The highest BCUT2D eigenvalue weighted by molar-refractivity contribution is 5.60. The Morgan fingerprint density at radius 3 is 2.80 bits per heavy atom. The molecule has 1 aliphatic heterocycles. The second-order valence-corrected chi connectivity index (χ2v) is 6.66. The summed E-state index contributed by atoms with van der Waals surface area (Å²) in [5, 5.41) is 3.36. The molecule has 0 radical (unpaired) electrons. The Balaban J connectivity index is 1.51. The third-order valence-corrected chi connectivity index (χ3v) is 4.89. The first-order valence-electron chi connectivity index (χ1n) is 9.21. The number of rotatable bonds is 7. The fourth-order valence-corrected chi connectivity index (χ4v) is 3.34. The first kappa shape index (κ1) is 17.7. The van der Waals surface area contributed by atoms with Crippen LogP contribution in [-0.2, 0) is 0 Å². The number of methoxy groups -OCH3 is 1. The molecule has 1 atom stereocenters. The van der Waals surface area contributed by atoms with Gasteiger partial charge in [0.1, 0.15) is 5.75 Å². The van der Waals surface area contributed by atoms with Crippen molar-refractivity contribution in [1.29, 1.82) is 0 Å². The summed E-state index contributed by atoms with van der Waals surface area (Å²) in [5.41, 5.74) is 1.98. The van der Waals surface area contributed by atoms with Gasteiger partial charge in [0.25, 0.3) is 0 Å². The van der Waals surface area contributed by atoms with Crippen molar-refractivity contribution in [3.8, 4) is 17.0 Å². The van der Waals surface area contributed by atoms with E-state index < -0.39 is 0 Å². The van der Waals surface area contributed by atoms with Crippen molar-refractivity contribution < 1.29 is 4.74 Å². The molecule has 3 rings (SSSR count). The maximum Gasteiger partial charge on any atom is 0.223 e. The van der Waals surface area contributed by atoms with E-state index in [9.17, 15) is 0 Å². The molecular formula is C20H28N4O. The number of aromatic nitrogens is 2. The SMILES string of the molecule is COc1ccc(-c2ccnc(NCCCN3CCCCC3C)n2)cc1. The van der Waals surface area contributed by atoms with Gasteiger partial charge >= 0.3 is 0 Å². The van der Waals surface area contributed by atoms with Gasteiger partial charge in [0.2, 0.25) is 5.95 Å². The minimum absolute atomic E-state index is 0.694. The van der Waals surface area contributed by atoms with Crippen LogP contribution in [0, 0.1) is 0 Å². The van der Waals surface area contributed by atoms with E-state index in [0.717, 1.165) is 42.6 Å². The second-order valence-electron chi connectivity index (χ2n) is 6.66. The Kier molecular flexibility index (Phi) is 6.23. The maximum atomic E-state index is 5.20. The van der Waals surface area contributed by atoms with Crippen LogP contribution in [0.1, 0.15) is 32.6 Å². The van der Waals surface area contributed by atoms with Crippen molar-refractivity contribution in [2.45, 2.75) is 38.6 Å². The molecule has 1 saturated heterocycles. The van der Waals surface area contributed by atoms with Crippen molar-refractivity contribution in [2.75, 3.05) is 32.1 Å². The third kappa shape index (κ3) is 4.92. The number of piperidine rings is 1. The van der Waals surface area contributed by atoms with Crippen LogP contribution in [0.3, 0.4) is 0 Å². The van der Waals surface area contributed by atoms with Crippen LogP contribution in [0.5, 0.6) is 5.75 Å². The van der Waals surface area contributed by atoms with Crippen LogP contribution in [0.4, 0.5) is 5.95 Å². The van der Waals surface area contributed by atoms with E-state index in [1.165, 1.54) is 25.8 Å². The predicted octanol–water partition coefficient (Wildman–Crippen LogP) is 3.83. The molecular weight excluding hydrogens is 312 g/mol. The lowest BCUT2D eigenvalue weighted by Gasteiger charge is -2.33. The zero-order chi connectivity index (χ0) is 17.5. The Morgan fingerprint density at radius 1 is 1.20 bits per heavy atom. The lowest BCUT2D eigenvalue weighted by molar-refractivity contribution is 0.160. The quantitative estimate of drug-likeness (QED) is 0.776. The summed E-state index contributed by atoms with van der Waals surface area (Å²) in [6.07, 6.45) is 6.97. The van der Waals surface area contributed by atoms with Gasteiger partial charge in [0.05, 0.1) is 12.8 Å². The monoisotopic (exact) mass is 340 g/mol. The largest absolute Gasteiger partial charge is 0.497 e. The molecule has 134 valence electrons. The van der Waals surface area contributed by atoms with Gasteiger partial charge < -0.3 is 15.0 Å². The maximum absolute atomic E-state index is 5.20. The van der Waals surface area contributed by atoms with Crippen molar-refractivity contribution in [3.05, 3.63) is 36.5 Å². The molecule has 2 aromatic rings. The van der Waals surface area contributed by atoms with E-state index in [1.807, 2.05) is 36.5 Å².